The van der Waals surface area contributed by atoms with Crippen LogP contribution in [0.3, 0.4) is 0 Å². The Balaban J connectivity index is 2.05. The van der Waals surface area contributed by atoms with E-state index in [1.807, 2.05) is 30.0 Å². The molecule has 0 atom stereocenters. The molecular weight excluding hydrogens is 310 g/mol. The molecular formula is C17H15N3S2. The molecule has 0 saturated carbocycles. The number of aromatic nitrogens is 3. The van der Waals surface area contributed by atoms with Gasteiger partial charge in [0, 0.05) is 16.9 Å². The first-order chi connectivity index (χ1) is 10.9. The van der Waals surface area contributed by atoms with E-state index < -0.39 is 0 Å². The van der Waals surface area contributed by atoms with Crippen molar-refractivity contribution in [3.63, 3.8) is 0 Å². The number of rotatable bonds is 4. The van der Waals surface area contributed by atoms with E-state index in [-0.39, 0.29) is 0 Å². The quantitative estimate of drug-likeness (QED) is 0.314. The lowest BCUT2D eigenvalue weighted by Gasteiger charge is -2.07. The first-order valence-corrected chi connectivity index (χ1v) is 9.54. The third-order valence-corrected chi connectivity index (χ3v) is 5.44. The van der Waals surface area contributed by atoms with Crippen LogP contribution >= 0.6 is 23.5 Å². The Hall–Kier alpha value is -1.72. The fourth-order valence-corrected chi connectivity index (χ4v) is 4.29. The Morgan fingerprint density at radius 1 is 0.909 bits per heavy atom. The number of imidazole rings is 1. The second-order valence-corrected chi connectivity index (χ2v) is 7.06. The van der Waals surface area contributed by atoms with E-state index in [9.17, 15) is 0 Å². The Kier molecular flexibility index (Phi) is 3.68. The van der Waals surface area contributed by atoms with Crippen LogP contribution in [0.4, 0.5) is 0 Å². The van der Waals surface area contributed by atoms with Crippen molar-refractivity contribution in [3.05, 3.63) is 48.5 Å². The van der Waals surface area contributed by atoms with Crippen molar-refractivity contribution in [1.82, 2.24) is 14.4 Å². The van der Waals surface area contributed by atoms with Gasteiger partial charge in [0.05, 0.1) is 16.6 Å². The van der Waals surface area contributed by atoms with Gasteiger partial charge in [-0.3, -0.25) is 4.40 Å². The predicted octanol–water partition coefficient (Wildman–Crippen LogP) is 4.49. The first-order valence-electron chi connectivity index (χ1n) is 7.16. The number of nitrogens with zero attached hydrogens (tertiary/aromatic N) is 3. The number of fused-ring (bicyclic) bond motifs is 5. The number of para-hydroxylation sites is 3. The average molecular weight is 325 g/mol. The molecule has 0 saturated heterocycles. The van der Waals surface area contributed by atoms with Crippen molar-refractivity contribution >= 4 is 51.1 Å². The van der Waals surface area contributed by atoms with E-state index in [0.717, 1.165) is 44.2 Å². The highest BCUT2D eigenvalue weighted by Crippen LogP contribution is 2.28. The van der Waals surface area contributed by atoms with Crippen molar-refractivity contribution in [2.24, 2.45) is 0 Å². The Labute approximate surface area is 137 Å². The molecule has 0 unspecified atom stereocenters. The van der Waals surface area contributed by atoms with E-state index in [1.165, 1.54) is 0 Å². The van der Waals surface area contributed by atoms with Gasteiger partial charge < -0.3 is 0 Å². The largest absolute Gasteiger partial charge is 0.271 e. The summed E-state index contributed by atoms with van der Waals surface area (Å²) in [5.74, 6) is 2.17. The van der Waals surface area contributed by atoms with Crippen LogP contribution in [0.5, 0.6) is 0 Å². The van der Waals surface area contributed by atoms with Gasteiger partial charge in [-0.05, 0) is 30.5 Å². The zero-order valence-corrected chi connectivity index (χ0v) is 13.8. The van der Waals surface area contributed by atoms with Crippen LogP contribution in [0.1, 0.15) is 0 Å². The Morgan fingerprint density at radius 3 is 2.55 bits per heavy atom. The maximum atomic E-state index is 4.87. The zero-order chi connectivity index (χ0) is 14.9. The third-order valence-electron chi connectivity index (χ3n) is 3.63. The molecule has 2 aromatic heterocycles. The van der Waals surface area contributed by atoms with Gasteiger partial charge >= 0.3 is 0 Å². The van der Waals surface area contributed by atoms with Gasteiger partial charge in [-0.15, -0.1) is 0 Å². The molecule has 0 spiro atoms. The molecule has 4 rings (SSSR count). The maximum absolute atomic E-state index is 4.87. The van der Waals surface area contributed by atoms with E-state index >= 15 is 0 Å². The second-order valence-electron chi connectivity index (χ2n) is 5.01. The molecule has 22 heavy (non-hydrogen) atoms. The Morgan fingerprint density at radius 2 is 1.68 bits per heavy atom. The molecule has 0 aliphatic heterocycles. The van der Waals surface area contributed by atoms with Gasteiger partial charge in [-0.2, -0.15) is 11.8 Å². The molecule has 0 aliphatic carbocycles. The summed E-state index contributed by atoms with van der Waals surface area (Å²) < 4.78 is 2.20. The molecule has 2 heterocycles. The summed E-state index contributed by atoms with van der Waals surface area (Å²) in [5.41, 5.74) is 4.16. The zero-order valence-electron chi connectivity index (χ0n) is 12.2. The molecule has 5 heteroatoms. The highest BCUT2D eigenvalue weighted by molar-refractivity contribution is 8.02. The smallest absolute Gasteiger partial charge is 0.174 e. The maximum Gasteiger partial charge on any atom is 0.174 e. The van der Waals surface area contributed by atoms with E-state index in [2.05, 4.69) is 41.0 Å². The predicted molar refractivity (Wildman–Crippen MR) is 97.1 cm³/mol. The van der Waals surface area contributed by atoms with Crippen molar-refractivity contribution in [2.45, 2.75) is 5.16 Å². The van der Waals surface area contributed by atoms with Gasteiger partial charge in [0.1, 0.15) is 5.65 Å². The molecule has 2 aromatic carbocycles. The summed E-state index contributed by atoms with van der Waals surface area (Å²) in [4.78, 5) is 9.71. The highest BCUT2D eigenvalue weighted by Gasteiger charge is 2.13. The normalized spacial score (nSPS) is 11.7. The third kappa shape index (κ3) is 2.25. The minimum absolute atomic E-state index is 0.999. The van der Waals surface area contributed by atoms with Crippen molar-refractivity contribution in [3.8, 4) is 0 Å². The van der Waals surface area contributed by atoms with Crippen LogP contribution in [-0.4, -0.2) is 32.1 Å². The second kappa shape index (κ2) is 5.82. The highest BCUT2D eigenvalue weighted by atomic mass is 32.2. The summed E-state index contributed by atoms with van der Waals surface area (Å²) in [6, 6.07) is 16.5. The molecule has 0 amide bonds. The van der Waals surface area contributed by atoms with Gasteiger partial charge in [0.25, 0.3) is 0 Å². The summed E-state index contributed by atoms with van der Waals surface area (Å²) in [6.45, 7) is 0. The van der Waals surface area contributed by atoms with E-state index in [0.29, 0.717) is 0 Å². The summed E-state index contributed by atoms with van der Waals surface area (Å²) in [5, 5.41) is 2.13. The van der Waals surface area contributed by atoms with Crippen LogP contribution < -0.4 is 0 Å². The van der Waals surface area contributed by atoms with Crippen molar-refractivity contribution in [1.29, 1.82) is 0 Å². The molecule has 0 radical (unpaired) electrons. The minimum Gasteiger partial charge on any atom is -0.271 e. The number of thioether (sulfide) groups is 2. The van der Waals surface area contributed by atoms with Crippen LogP contribution in [-0.2, 0) is 0 Å². The molecule has 0 bridgehead atoms. The lowest BCUT2D eigenvalue weighted by Crippen LogP contribution is -1.97. The van der Waals surface area contributed by atoms with Crippen LogP contribution in [0.25, 0.3) is 27.6 Å². The fourth-order valence-electron chi connectivity index (χ4n) is 2.63. The number of hydrogen-bond donors (Lipinski definition) is 0. The van der Waals surface area contributed by atoms with Crippen molar-refractivity contribution < 1.29 is 0 Å². The van der Waals surface area contributed by atoms with Gasteiger partial charge in [-0.25, -0.2) is 9.97 Å². The van der Waals surface area contributed by atoms with Crippen LogP contribution in [0.15, 0.2) is 53.7 Å². The lowest BCUT2D eigenvalue weighted by atomic mass is 10.2. The average Bonchev–Trinajstić information content (AvgIpc) is 2.95. The monoisotopic (exact) mass is 325 g/mol. The lowest BCUT2D eigenvalue weighted by molar-refractivity contribution is 0.953. The minimum atomic E-state index is 0.999. The van der Waals surface area contributed by atoms with E-state index in [4.69, 9.17) is 9.97 Å². The standard InChI is InChI=1S/C17H15N3S2/c1-21-10-11-22-17-19-13-7-3-2-6-12(13)16-18-14-8-4-5-9-15(14)20(16)17/h2-9H,10-11H2,1H3. The van der Waals surface area contributed by atoms with Crippen LogP contribution in [0.2, 0.25) is 0 Å². The van der Waals surface area contributed by atoms with Crippen molar-refractivity contribution in [2.75, 3.05) is 17.8 Å². The molecule has 4 aromatic rings. The number of benzene rings is 2. The summed E-state index contributed by atoms with van der Waals surface area (Å²) in [6.07, 6.45) is 2.14. The Bertz CT molecular complexity index is 962. The van der Waals surface area contributed by atoms with Gasteiger partial charge in [0.2, 0.25) is 0 Å². The summed E-state index contributed by atoms with van der Waals surface area (Å²) >= 11 is 3.66. The first kappa shape index (κ1) is 13.9. The van der Waals surface area contributed by atoms with Crippen LogP contribution in [0, 0.1) is 0 Å². The fraction of sp³-hybridized carbons (Fsp3) is 0.176. The van der Waals surface area contributed by atoms with E-state index in [1.54, 1.807) is 11.8 Å². The molecule has 110 valence electrons. The van der Waals surface area contributed by atoms with Gasteiger partial charge in [0.15, 0.2) is 5.16 Å². The molecule has 0 fully saturated rings. The molecule has 0 aliphatic rings. The SMILES string of the molecule is CSCCSc1nc2ccccc2c2nc3ccccc3n12. The summed E-state index contributed by atoms with van der Waals surface area (Å²) in [7, 11) is 0. The van der Waals surface area contributed by atoms with Gasteiger partial charge in [-0.1, -0.05) is 36.0 Å². The molecule has 3 nitrogen and oxygen atoms in total. The number of hydrogen-bond acceptors (Lipinski definition) is 4. The topological polar surface area (TPSA) is 30.2 Å². The molecule has 0 N–H and O–H groups in total.